The van der Waals surface area contributed by atoms with E-state index in [1.807, 2.05) is 49.9 Å². The fourth-order valence-electron chi connectivity index (χ4n) is 3.28. The van der Waals surface area contributed by atoms with E-state index in [0.29, 0.717) is 18.2 Å². The molecule has 3 rings (SSSR count). The minimum atomic E-state index is -0.459. The van der Waals surface area contributed by atoms with Crippen LogP contribution in [0.1, 0.15) is 32.8 Å². The van der Waals surface area contributed by atoms with Crippen LogP contribution in [0.25, 0.3) is 0 Å². The summed E-state index contributed by atoms with van der Waals surface area (Å²) in [6.07, 6.45) is 0.751. The van der Waals surface area contributed by atoms with E-state index in [2.05, 4.69) is 11.0 Å². The van der Waals surface area contributed by atoms with Gasteiger partial charge < -0.3 is 14.5 Å². The first-order valence-corrected chi connectivity index (χ1v) is 7.64. The minimum Gasteiger partial charge on any atom is -0.444 e. The van der Waals surface area contributed by atoms with Crippen molar-refractivity contribution in [2.45, 2.75) is 44.9 Å². The van der Waals surface area contributed by atoms with Gasteiger partial charge in [-0.25, -0.2) is 4.79 Å². The lowest BCUT2D eigenvalue weighted by Gasteiger charge is -2.36. The summed E-state index contributed by atoms with van der Waals surface area (Å²) in [7, 11) is 0. The predicted molar refractivity (Wildman–Crippen MR) is 83.6 cm³/mol. The lowest BCUT2D eigenvalue weighted by molar-refractivity contribution is 0.0215. The summed E-state index contributed by atoms with van der Waals surface area (Å²) < 4.78 is 5.48. The highest BCUT2D eigenvalue weighted by Crippen LogP contribution is 2.35. The number of hydrogen-bond acceptors (Lipinski definition) is 4. The first-order chi connectivity index (χ1) is 10.4. The molecule has 22 heavy (non-hydrogen) atoms. The van der Waals surface area contributed by atoms with Crippen LogP contribution in [-0.4, -0.2) is 41.8 Å². The molecular formula is C17H21N3O2. The van der Waals surface area contributed by atoms with Crippen LogP contribution in [0.3, 0.4) is 0 Å². The summed E-state index contributed by atoms with van der Waals surface area (Å²) in [5.41, 5.74) is 1.28. The SMILES string of the molecule is CC(C)(C)OC(=O)N1C[C@@H]2C[C@H]1CN2c1cccc(C#N)c1. The number of carbonyl (C=O) groups is 1. The zero-order valence-electron chi connectivity index (χ0n) is 13.2. The predicted octanol–water partition coefficient (Wildman–Crippen LogP) is 2.76. The zero-order chi connectivity index (χ0) is 15.9. The van der Waals surface area contributed by atoms with Crippen LogP contribution in [0, 0.1) is 11.3 Å². The van der Waals surface area contributed by atoms with Gasteiger partial charge in [-0.15, -0.1) is 0 Å². The maximum atomic E-state index is 12.2. The summed E-state index contributed by atoms with van der Waals surface area (Å²) in [5.74, 6) is 0. The first-order valence-electron chi connectivity index (χ1n) is 7.64. The molecule has 2 saturated heterocycles. The van der Waals surface area contributed by atoms with Crippen molar-refractivity contribution >= 4 is 11.8 Å². The van der Waals surface area contributed by atoms with E-state index in [1.165, 1.54) is 0 Å². The van der Waals surface area contributed by atoms with Gasteiger partial charge in [0.25, 0.3) is 0 Å². The number of fused-ring (bicyclic) bond motifs is 2. The number of nitrogens with zero attached hydrogens (tertiary/aromatic N) is 3. The maximum Gasteiger partial charge on any atom is 0.410 e. The van der Waals surface area contributed by atoms with Gasteiger partial charge in [-0.1, -0.05) is 6.07 Å². The van der Waals surface area contributed by atoms with E-state index < -0.39 is 5.60 Å². The number of amides is 1. The third-order valence-electron chi connectivity index (χ3n) is 4.18. The Morgan fingerprint density at radius 3 is 2.68 bits per heavy atom. The molecule has 116 valence electrons. The van der Waals surface area contributed by atoms with Gasteiger partial charge in [0.2, 0.25) is 0 Å². The van der Waals surface area contributed by atoms with Crippen molar-refractivity contribution in [1.82, 2.24) is 4.90 Å². The Kier molecular flexibility index (Phi) is 3.48. The molecule has 2 heterocycles. The van der Waals surface area contributed by atoms with Crippen LogP contribution in [0.15, 0.2) is 24.3 Å². The minimum absolute atomic E-state index is 0.200. The van der Waals surface area contributed by atoms with E-state index in [4.69, 9.17) is 10.00 Å². The van der Waals surface area contributed by atoms with Crippen molar-refractivity contribution in [3.05, 3.63) is 29.8 Å². The second-order valence-electron chi connectivity index (χ2n) is 6.99. The number of benzene rings is 1. The number of hydrogen-bond donors (Lipinski definition) is 0. The molecule has 0 radical (unpaired) electrons. The molecule has 0 saturated carbocycles. The number of carbonyl (C=O) groups excluding carboxylic acids is 1. The standard InChI is InChI=1S/C17H21N3O2/c1-17(2,3)22-16(21)20-11-14-8-15(20)10-19(14)13-6-4-5-12(7-13)9-18/h4-7,14-15H,8,10-11H2,1-3H3/t14-,15-/m0/s1. The van der Waals surface area contributed by atoms with E-state index in [1.54, 1.807) is 0 Å². The van der Waals surface area contributed by atoms with Gasteiger partial charge in [0.15, 0.2) is 0 Å². The largest absolute Gasteiger partial charge is 0.444 e. The number of anilines is 1. The monoisotopic (exact) mass is 299 g/mol. The summed E-state index contributed by atoms with van der Waals surface area (Å²) >= 11 is 0. The molecular weight excluding hydrogens is 278 g/mol. The highest BCUT2D eigenvalue weighted by molar-refractivity contribution is 5.70. The highest BCUT2D eigenvalue weighted by Gasteiger charge is 2.46. The van der Waals surface area contributed by atoms with Crippen molar-refractivity contribution < 1.29 is 9.53 Å². The van der Waals surface area contributed by atoms with Crippen LogP contribution in [0.4, 0.5) is 10.5 Å². The topological polar surface area (TPSA) is 56.6 Å². The molecule has 5 nitrogen and oxygen atoms in total. The summed E-state index contributed by atoms with van der Waals surface area (Å²) in [5, 5.41) is 9.02. The van der Waals surface area contributed by atoms with Gasteiger partial charge in [0.05, 0.1) is 17.7 Å². The molecule has 0 unspecified atom stereocenters. The van der Waals surface area contributed by atoms with Crippen molar-refractivity contribution in [3.63, 3.8) is 0 Å². The number of piperazine rings is 1. The lowest BCUT2D eigenvalue weighted by atomic mass is 10.2. The molecule has 1 aromatic carbocycles. The molecule has 1 amide bonds. The number of ether oxygens (including phenoxy) is 1. The van der Waals surface area contributed by atoms with Crippen molar-refractivity contribution in [3.8, 4) is 6.07 Å². The Morgan fingerprint density at radius 1 is 1.32 bits per heavy atom. The molecule has 5 heteroatoms. The molecule has 2 aliphatic rings. The second-order valence-corrected chi connectivity index (χ2v) is 6.99. The average molecular weight is 299 g/mol. The highest BCUT2D eigenvalue weighted by atomic mass is 16.6. The number of likely N-dealkylation sites (tertiary alicyclic amines) is 1. The van der Waals surface area contributed by atoms with Gasteiger partial charge in [-0.2, -0.15) is 5.26 Å². The normalized spacial score (nSPS) is 23.5. The van der Waals surface area contributed by atoms with Crippen molar-refractivity contribution in [2.75, 3.05) is 18.0 Å². The third-order valence-corrected chi connectivity index (χ3v) is 4.18. The smallest absolute Gasteiger partial charge is 0.410 e. The molecule has 2 aliphatic heterocycles. The summed E-state index contributed by atoms with van der Waals surface area (Å²) in [6.45, 7) is 7.16. The van der Waals surface area contributed by atoms with Gasteiger partial charge in [-0.3, -0.25) is 0 Å². The summed E-state index contributed by atoms with van der Waals surface area (Å²) in [4.78, 5) is 16.4. The Hall–Kier alpha value is -2.22. The van der Waals surface area contributed by atoms with Crippen molar-refractivity contribution in [2.24, 2.45) is 0 Å². The van der Waals surface area contributed by atoms with Crippen LogP contribution in [-0.2, 0) is 4.74 Å². The van der Waals surface area contributed by atoms with Gasteiger partial charge in [-0.05, 0) is 45.4 Å². The van der Waals surface area contributed by atoms with E-state index in [0.717, 1.165) is 18.7 Å². The first kappa shape index (κ1) is 14.7. The van der Waals surface area contributed by atoms with Gasteiger partial charge >= 0.3 is 6.09 Å². The van der Waals surface area contributed by atoms with E-state index in [9.17, 15) is 4.79 Å². The molecule has 0 aromatic heterocycles. The third kappa shape index (κ3) is 2.74. The Balaban J connectivity index is 1.69. The molecule has 2 fully saturated rings. The van der Waals surface area contributed by atoms with Gasteiger partial charge in [0, 0.05) is 24.8 Å². The molecule has 0 N–H and O–H groups in total. The number of rotatable bonds is 1. The van der Waals surface area contributed by atoms with Crippen molar-refractivity contribution in [1.29, 1.82) is 5.26 Å². The molecule has 2 bridgehead atoms. The molecule has 2 atom stereocenters. The Bertz CT molecular complexity index is 630. The summed E-state index contributed by atoms with van der Waals surface area (Å²) in [6, 6.07) is 10.3. The molecule has 1 aromatic rings. The van der Waals surface area contributed by atoms with Crippen LogP contribution >= 0.6 is 0 Å². The maximum absolute atomic E-state index is 12.2. The van der Waals surface area contributed by atoms with Crippen LogP contribution in [0.5, 0.6) is 0 Å². The van der Waals surface area contributed by atoms with Crippen LogP contribution < -0.4 is 4.90 Å². The number of nitriles is 1. The Labute approximate surface area is 131 Å². The molecule has 0 spiro atoms. The average Bonchev–Trinajstić information content (AvgIpc) is 3.05. The van der Waals surface area contributed by atoms with E-state index in [-0.39, 0.29) is 12.1 Å². The fourth-order valence-corrected chi connectivity index (χ4v) is 3.28. The lowest BCUT2D eigenvalue weighted by Crippen LogP contribution is -2.50. The second kappa shape index (κ2) is 5.20. The van der Waals surface area contributed by atoms with E-state index >= 15 is 0 Å². The quantitative estimate of drug-likeness (QED) is 0.800. The fraction of sp³-hybridized carbons (Fsp3) is 0.529. The van der Waals surface area contributed by atoms with Gasteiger partial charge in [0.1, 0.15) is 5.60 Å². The zero-order valence-corrected chi connectivity index (χ0v) is 13.2. The van der Waals surface area contributed by atoms with Crippen LogP contribution in [0.2, 0.25) is 0 Å². The molecule has 0 aliphatic carbocycles. The Morgan fingerprint density at radius 2 is 2.09 bits per heavy atom.